The van der Waals surface area contributed by atoms with E-state index in [1.165, 1.54) is 28.7 Å². The van der Waals surface area contributed by atoms with Crippen LogP contribution in [0.3, 0.4) is 0 Å². The molecule has 0 radical (unpaired) electrons. The van der Waals surface area contributed by atoms with Crippen molar-refractivity contribution >= 4 is 21.5 Å². The zero-order valence-corrected chi connectivity index (χ0v) is 18.0. The Labute approximate surface area is 187 Å². The molecular formula is C25H22FN3O2S. The van der Waals surface area contributed by atoms with Gasteiger partial charge in [-0.05, 0) is 47.5 Å². The normalized spacial score (nSPS) is 11.4. The van der Waals surface area contributed by atoms with Gasteiger partial charge in [0.15, 0.2) is 0 Å². The van der Waals surface area contributed by atoms with Crippen LogP contribution in [-0.2, 0) is 23.1 Å². The zero-order valence-electron chi connectivity index (χ0n) is 17.2. The van der Waals surface area contributed by atoms with Gasteiger partial charge in [-0.15, -0.1) is 0 Å². The van der Waals surface area contributed by atoms with Gasteiger partial charge in [0.25, 0.3) is 0 Å². The summed E-state index contributed by atoms with van der Waals surface area (Å²) in [5.41, 5.74) is 2.45. The van der Waals surface area contributed by atoms with Gasteiger partial charge in [-0.3, -0.25) is 0 Å². The minimum Gasteiger partial charge on any atom is -0.340 e. The molecule has 4 rings (SSSR count). The van der Waals surface area contributed by atoms with E-state index in [0.717, 1.165) is 11.1 Å². The molecule has 0 fully saturated rings. The van der Waals surface area contributed by atoms with Crippen LogP contribution >= 0.6 is 0 Å². The number of halogens is 1. The fraction of sp³-hybridized carbons (Fsp3) is 0.0800. The van der Waals surface area contributed by atoms with Crippen LogP contribution < -0.4 is 5.32 Å². The van der Waals surface area contributed by atoms with Crippen molar-refractivity contribution in [1.82, 2.24) is 9.29 Å². The molecule has 3 aromatic carbocycles. The van der Waals surface area contributed by atoms with Crippen LogP contribution in [-0.4, -0.2) is 17.7 Å². The molecule has 162 valence electrons. The SMILES string of the molecule is O=S(=O)(c1ccc(Nc2ccc(F)cc2)nc1)N(Cc1ccccc1)Cc1ccccc1. The summed E-state index contributed by atoms with van der Waals surface area (Å²) in [5, 5.41) is 3.03. The van der Waals surface area contributed by atoms with Gasteiger partial charge in [0.1, 0.15) is 16.5 Å². The lowest BCUT2D eigenvalue weighted by molar-refractivity contribution is 0.401. The molecule has 0 aliphatic heterocycles. The number of hydrogen-bond acceptors (Lipinski definition) is 4. The van der Waals surface area contributed by atoms with E-state index in [0.29, 0.717) is 11.5 Å². The molecule has 0 aliphatic rings. The van der Waals surface area contributed by atoms with Crippen molar-refractivity contribution in [2.75, 3.05) is 5.32 Å². The first kappa shape index (κ1) is 21.7. The summed E-state index contributed by atoms with van der Waals surface area (Å²) < 4.78 is 41.5. The van der Waals surface area contributed by atoms with Gasteiger partial charge in [-0.2, -0.15) is 4.31 Å². The lowest BCUT2D eigenvalue weighted by atomic mass is 10.2. The van der Waals surface area contributed by atoms with Gasteiger partial charge in [-0.1, -0.05) is 60.7 Å². The number of anilines is 2. The maximum Gasteiger partial charge on any atom is 0.245 e. The smallest absolute Gasteiger partial charge is 0.245 e. The summed E-state index contributed by atoms with van der Waals surface area (Å²) in [6.07, 6.45) is 1.34. The van der Waals surface area contributed by atoms with Gasteiger partial charge >= 0.3 is 0 Å². The summed E-state index contributed by atoms with van der Waals surface area (Å²) >= 11 is 0. The number of aromatic nitrogens is 1. The highest BCUT2D eigenvalue weighted by atomic mass is 32.2. The van der Waals surface area contributed by atoms with Crippen LogP contribution in [0.15, 0.2) is 108 Å². The van der Waals surface area contributed by atoms with E-state index in [2.05, 4.69) is 10.3 Å². The molecular weight excluding hydrogens is 425 g/mol. The molecule has 0 aliphatic carbocycles. The number of sulfonamides is 1. The third-order valence-electron chi connectivity index (χ3n) is 4.89. The second-order valence-corrected chi connectivity index (χ2v) is 9.19. The lowest BCUT2D eigenvalue weighted by Crippen LogP contribution is -2.30. The molecule has 0 amide bonds. The van der Waals surface area contributed by atoms with E-state index in [-0.39, 0.29) is 23.8 Å². The van der Waals surface area contributed by atoms with Crippen molar-refractivity contribution in [3.05, 3.63) is 120 Å². The Morgan fingerprint density at radius 1 is 0.750 bits per heavy atom. The van der Waals surface area contributed by atoms with E-state index in [9.17, 15) is 12.8 Å². The molecule has 1 aromatic heterocycles. The second-order valence-electron chi connectivity index (χ2n) is 7.26. The van der Waals surface area contributed by atoms with Gasteiger partial charge in [0, 0.05) is 25.0 Å². The predicted octanol–water partition coefficient (Wildman–Crippen LogP) is 5.36. The minimum absolute atomic E-state index is 0.106. The molecule has 0 saturated heterocycles. The highest BCUT2D eigenvalue weighted by Gasteiger charge is 2.25. The van der Waals surface area contributed by atoms with Gasteiger partial charge < -0.3 is 5.32 Å². The first-order chi connectivity index (χ1) is 15.5. The molecule has 4 aromatic rings. The van der Waals surface area contributed by atoms with Gasteiger partial charge in [0.2, 0.25) is 10.0 Å². The first-order valence-corrected chi connectivity index (χ1v) is 11.5. The maximum absolute atomic E-state index is 13.5. The Bertz CT molecular complexity index is 1210. The predicted molar refractivity (Wildman–Crippen MR) is 123 cm³/mol. The highest BCUT2D eigenvalue weighted by molar-refractivity contribution is 7.89. The van der Waals surface area contributed by atoms with Crippen LogP contribution in [0.5, 0.6) is 0 Å². The molecule has 1 N–H and O–H groups in total. The average molecular weight is 448 g/mol. The van der Waals surface area contributed by atoms with Gasteiger partial charge in [-0.25, -0.2) is 17.8 Å². The molecule has 0 atom stereocenters. The van der Waals surface area contributed by atoms with Crippen LogP contribution in [0, 0.1) is 5.82 Å². The number of hydrogen-bond donors (Lipinski definition) is 1. The average Bonchev–Trinajstić information content (AvgIpc) is 2.82. The van der Waals surface area contributed by atoms with E-state index in [4.69, 9.17) is 0 Å². The maximum atomic E-state index is 13.5. The molecule has 32 heavy (non-hydrogen) atoms. The van der Waals surface area contributed by atoms with Crippen molar-refractivity contribution < 1.29 is 12.8 Å². The number of pyridine rings is 1. The fourth-order valence-corrected chi connectivity index (χ4v) is 4.60. The van der Waals surface area contributed by atoms with Crippen LogP contribution in [0.1, 0.15) is 11.1 Å². The molecule has 7 heteroatoms. The Hall–Kier alpha value is -3.55. The van der Waals surface area contributed by atoms with Crippen LogP contribution in [0.4, 0.5) is 15.9 Å². The fourth-order valence-electron chi connectivity index (χ4n) is 3.24. The number of nitrogens with zero attached hydrogens (tertiary/aromatic N) is 2. The molecule has 1 heterocycles. The molecule has 0 saturated carbocycles. The zero-order chi connectivity index (χ0) is 22.4. The Morgan fingerprint density at radius 2 is 1.31 bits per heavy atom. The van der Waals surface area contributed by atoms with Crippen molar-refractivity contribution in [1.29, 1.82) is 0 Å². The number of rotatable bonds is 8. The van der Waals surface area contributed by atoms with E-state index in [1.54, 1.807) is 18.2 Å². The molecule has 0 spiro atoms. The van der Waals surface area contributed by atoms with Crippen molar-refractivity contribution in [2.24, 2.45) is 0 Å². The molecule has 0 unspecified atom stereocenters. The summed E-state index contributed by atoms with van der Waals surface area (Å²) in [4.78, 5) is 4.35. The Morgan fingerprint density at radius 3 is 1.81 bits per heavy atom. The van der Waals surface area contributed by atoms with Crippen molar-refractivity contribution in [3.63, 3.8) is 0 Å². The number of nitrogens with one attached hydrogen (secondary N) is 1. The van der Waals surface area contributed by atoms with E-state index >= 15 is 0 Å². The second kappa shape index (κ2) is 9.72. The Balaban J connectivity index is 1.58. The number of benzene rings is 3. The topological polar surface area (TPSA) is 62.3 Å². The third-order valence-corrected chi connectivity index (χ3v) is 6.67. The molecule has 0 bridgehead atoms. The van der Waals surface area contributed by atoms with Crippen LogP contribution in [0.25, 0.3) is 0 Å². The van der Waals surface area contributed by atoms with E-state index in [1.807, 2.05) is 60.7 Å². The van der Waals surface area contributed by atoms with Crippen LogP contribution in [0.2, 0.25) is 0 Å². The standard InChI is InChI=1S/C25H22FN3O2S/c26-22-11-13-23(14-12-22)28-25-16-15-24(17-27-25)32(30,31)29(18-20-7-3-1-4-8-20)19-21-9-5-2-6-10-21/h1-17H,18-19H2,(H,27,28). The lowest BCUT2D eigenvalue weighted by Gasteiger charge is -2.22. The highest BCUT2D eigenvalue weighted by Crippen LogP contribution is 2.23. The largest absolute Gasteiger partial charge is 0.340 e. The summed E-state index contributed by atoms with van der Waals surface area (Å²) in [5.74, 6) is 0.134. The quantitative estimate of drug-likeness (QED) is 0.395. The molecule has 5 nitrogen and oxygen atoms in total. The van der Waals surface area contributed by atoms with Gasteiger partial charge in [0.05, 0.1) is 0 Å². The summed E-state index contributed by atoms with van der Waals surface area (Å²) in [6, 6.07) is 27.9. The van der Waals surface area contributed by atoms with Crippen molar-refractivity contribution in [2.45, 2.75) is 18.0 Å². The third kappa shape index (κ3) is 5.38. The summed E-state index contributed by atoms with van der Waals surface area (Å²) in [7, 11) is -3.80. The monoisotopic (exact) mass is 447 g/mol. The van der Waals surface area contributed by atoms with Crippen molar-refractivity contribution in [3.8, 4) is 0 Å². The Kier molecular flexibility index (Phi) is 6.58. The van der Waals surface area contributed by atoms with E-state index < -0.39 is 10.0 Å². The summed E-state index contributed by atoms with van der Waals surface area (Å²) in [6.45, 7) is 0.487. The minimum atomic E-state index is -3.80. The first-order valence-electron chi connectivity index (χ1n) is 10.1.